The van der Waals surface area contributed by atoms with Gasteiger partial charge < -0.3 is 14.6 Å². The van der Waals surface area contributed by atoms with Gasteiger partial charge in [0.2, 0.25) is 0 Å². The number of aromatic nitrogens is 2. The van der Waals surface area contributed by atoms with Crippen LogP contribution in [0.1, 0.15) is 32.9 Å². The molecule has 1 N–H and O–H groups in total. The third-order valence-corrected chi connectivity index (χ3v) is 4.59. The van der Waals surface area contributed by atoms with E-state index >= 15 is 0 Å². The number of hydrogen-bond acceptors (Lipinski definition) is 3. The minimum atomic E-state index is -0.0179. The van der Waals surface area contributed by atoms with Crippen molar-refractivity contribution in [2.45, 2.75) is 27.3 Å². The molecule has 0 spiro atoms. The summed E-state index contributed by atoms with van der Waals surface area (Å²) >= 11 is 0. The highest BCUT2D eigenvalue weighted by Gasteiger charge is 2.21. The first-order chi connectivity index (χ1) is 11.9. The lowest BCUT2D eigenvalue weighted by Crippen LogP contribution is -2.27. The number of para-hydroxylation sites is 1. The van der Waals surface area contributed by atoms with Crippen molar-refractivity contribution in [1.29, 1.82) is 0 Å². The summed E-state index contributed by atoms with van der Waals surface area (Å²) in [6.45, 7) is 6.30. The van der Waals surface area contributed by atoms with Crippen molar-refractivity contribution >= 4 is 16.8 Å². The number of rotatable bonds is 4. The van der Waals surface area contributed by atoms with Crippen LogP contribution in [0.3, 0.4) is 0 Å². The number of ether oxygens (including phenoxy) is 1. The number of hydrogen-bond donors (Lipinski definition) is 1. The molecule has 2 aromatic heterocycles. The highest BCUT2D eigenvalue weighted by Crippen LogP contribution is 2.26. The van der Waals surface area contributed by atoms with E-state index in [0.717, 1.165) is 44.7 Å². The number of benzene rings is 1. The quantitative estimate of drug-likeness (QED) is 0.788. The molecule has 1 amide bonds. The molecule has 0 aliphatic rings. The normalized spacial score (nSPS) is 10.9. The summed E-state index contributed by atoms with van der Waals surface area (Å²) in [5.74, 6) is 0.810. The van der Waals surface area contributed by atoms with Crippen molar-refractivity contribution in [3.63, 3.8) is 0 Å². The number of H-pyrrole nitrogens is 1. The maximum atomic E-state index is 13.0. The Morgan fingerprint density at radius 2 is 1.96 bits per heavy atom. The van der Waals surface area contributed by atoms with Crippen LogP contribution in [-0.4, -0.2) is 34.9 Å². The molecule has 0 fully saturated rings. The van der Waals surface area contributed by atoms with Crippen LogP contribution in [0.25, 0.3) is 10.9 Å². The third kappa shape index (κ3) is 2.97. The van der Waals surface area contributed by atoms with E-state index < -0.39 is 0 Å². The number of amides is 1. The van der Waals surface area contributed by atoms with E-state index in [1.165, 1.54) is 0 Å². The molecule has 1 aromatic carbocycles. The molecule has 130 valence electrons. The van der Waals surface area contributed by atoms with Gasteiger partial charge in [-0.3, -0.25) is 9.78 Å². The van der Waals surface area contributed by atoms with Gasteiger partial charge in [-0.2, -0.15) is 0 Å². The fraction of sp³-hybridized carbons (Fsp3) is 0.300. The number of nitrogens with one attached hydrogen (secondary N) is 1. The zero-order valence-corrected chi connectivity index (χ0v) is 15.3. The number of aromatic amines is 1. The van der Waals surface area contributed by atoms with Crippen molar-refractivity contribution in [1.82, 2.24) is 14.9 Å². The molecular formula is C20H23N3O2. The van der Waals surface area contributed by atoms with Gasteiger partial charge in [-0.1, -0.05) is 18.2 Å². The van der Waals surface area contributed by atoms with Gasteiger partial charge in [0.25, 0.3) is 5.91 Å². The molecule has 2 heterocycles. The Kier molecular flexibility index (Phi) is 4.49. The predicted octanol–water partition coefficient (Wildman–Crippen LogP) is 3.77. The van der Waals surface area contributed by atoms with Gasteiger partial charge in [-0.05, 0) is 26.8 Å². The molecule has 0 saturated carbocycles. The summed E-state index contributed by atoms with van der Waals surface area (Å²) in [6, 6.07) is 7.86. The Labute approximate surface area is 147 Å². The van der Waals surface area contributed by atoms with Crippen molar-refractivity contribution in [2.24, 2.45) is 0 Å². The topological polar surface area (TPSA) is 58.2 Å². The largest absolute Gasteiger partial charge is 0.496 e. The fourth-order valence-electron chi connectivity index (χ4n) is 3.27. The van der Waals surface area contributed by atoms with Gasteiger partial charge in [-0.15, -0.1) is 0 Å². The van der Waals surface area contributed by atoms with Gasteiger partial charge >= 0.3 is 0 Å². The van der Waals surface area contributed by atoms with Crippen molar-refractivity contribution in [2.75, 3.05) is 14.2 Å². The number of carbonyl (C=O) groups excluding carboxylic acids is 1. The lowest BCUT2D eigenvalue weighted by atomic mass is 10.1. The summed E-state index contributed by atoms with van der Waals surface area (Å²) in [5.41, 5.74) is 5.38. The Bertz CT molecular complexity index is 944. The number of fused-ring (bicyclic) bond motifs is 1. The second-order valence-corrected chi connectivity index (χ2v) is 6.38. The minimum absolute atomic E-state index is 0.0179. The maximum Gasteiger partial charge on any atom is 0.256 e. The molecule has 0 bridgehead atoms. The summed E-state index contributed by atoms with van der Waals surface area (Å²) in [5, 5.41) is 0.947. The second-order valence-electron chi connectivity index (χ2n) is 6.38. The van der Waals surface area contributed by atoms with Crippen LogP contribution >= 0.6 is 0 Å². The molecule has 0 radical (unpaired) electrons. The van der Waals surface area contributed by atoms with Crippen LogP contribution in [0, 0.1) is 20.8 Å². The lowest BCUT2D eigenvalue weighted by molar-refractivity contribution is 0.0784. The highest BCUT2D eigenvalue weighted by molar-refractivity contribution is 6.07. The first-order valence-electron chi connectivity index (χ1n) is 8.25. The van der Waals surface area contributed by atoms with Crippen molar-refractivity contribution in [3.8, 4) is 5.75 Å². The van der Waals surface area contributed by atoms with Gasteiger partial charge in [-0.25, -0.2) is 0 Å². The third-order valence-electron chi connectivity index (χ3n) is 4.59. The van der Waals surface area contributed by atoms with E-state index in [-0.39, 0.29) is 5.91 Å². The Morgan fingerprint density at radius 3 is 2.68 bits per heavy atom. The molecule has 25 heavy (non-hydrogen) atoms. The molecule has 3 rings (SSSR count). The molecule has 0 aliphatic heterocycles. The monoisotopic (exact) mass is 337 g/mol. The van der Waals surface area contributed by atoms with Crippen LogP contribution in [-0.2, 0) is 6.54 Å². The smallest absolute Gasteiger partial charge is 0.256 e. The Balaban J connectivity index is 1.92. The molecule has 3 aromatic rings. The molecule has 5 nitrogen and oxygen atoms in total. The Morgan fingerprint density at radius 1 is 1.24 bits per heavy atom. The number of pyridine rings is 1. The Hall–Kier alpha value is -2.82. The van der Waals surface area contributed by atoms with E-state index in [1.807, 2.05) is 45.0 Å². The zero-order valence-electron chi connectivity index (χ0n) is 15.3. The summed E-state index contributed by atoms with van der Waals surface area (Å²) in [7, 11) is 3.46. The predicted molar refractivity (Wildman–Crippen MR) is 99.1 cm³/mol. The second kappa shape index (κ2) is 6.59. The van der Waals surface area contributed by atoms with E-state index in [9.17, 15) is 4.79 Å². The molecule has 0 atom stereocenters. The van der Waals surface area contributed by atoms with E-state index in [0.29, 0.717) is 6.54 Å². The number of aryl methyl sites for hydroxylation is 2. The van der Waals surface area contributed by atoms with Crippen molar-refractivity contribution < 1.29 is 9.53 Å². The van der Waals surface area contributed by atoms with Gasteiger partial charge in [0.15, 0.2) is 0 Å². The standard InChI is InChI=1S/C20H23N3O2/c1-12-10-21-17(13(2)19(12)25-5)11-23(4)20(24)18-14(3)22-16-9-7-6-8-15(16)18/h6-10,22H,11H2,1-5H3. The maximum absolute atomic E-state index is 13.0. The van der Waals surface area contributed by atoms with Crippen molar-refractivity contribution in [3.05, 3.63) is 58.5 Å². The SMILES string of the molecule is COc1c(C)cnc(CN(C)C(=O)c2c(C)[nH]c3ccccc23)c1C. The van der Waals surface area contributed by atoms with Crippen LogP contribution in [0.5, 0.6) is 5.75 Å². The van der Waals surface area contributed by atoms with Gasteiger partial charge in [0, 0.05) is 41.0 Å². The lowest BCUT2D eigenvalue weighted by Gasteiger charge is -2.19. The van der Waals surface area contributed by atoms with E-state index in [4.69, 9.17) is 4.74 Å². The molecule has 0 saturated heterocycles. The minimum Gasteiger partial charge on any atom is -0.496 e. The molecule has 0 unspecified atom stereocenters. The summed E-state index contributed by atoms with van der Waals surface area (Å²) < 4.78 is 5.46. The first kappa shape index (κ1) is 17.0. The molecule has 5 heteroatoms. The number of methoxy groups -OCH3 is 1. The fourth-order valence-corrected chi connectivity index (χ4v) is 3.27. The van der Waals surface area contributed by atoms with Crippen LogP contribution in [0.2, 0.25) is 0 Å². The van der Waals surface area contributed by atoms with E-state index in [1.54, 1.807) is 25.3 Å². The van der Waals surface area contributed by atoms with Crippen LogP contribution in [0.4, 0.5) is 0 Å². The zero-order chi connectivity index (χ0) is 18.1. The van der Waals surface area contributed by atoms with Crippen LogP contribution in [0.15, 0.2) is 30.5 Å². The average Bonchev–Trinajstić information content (AvgIpc) is 2.92. The summed E-state index contributed by atoms with van der Waals surface area (Å²) in [4.78, 5) is 22.5. The van der Waals surface area contributed by atoms with Gasteiger partial charge in [0.1, 0.15) is 5.75 Å². The van der Waals surface area contributed by atoms with Crippen LogP contribution < -0.4 is 4.74 Å². The number of nitrogens with zero attached hydrogens (tertiary/aromatic N) is 2. The van der Waals surface area contributed by atoms with E-state index in [2.05, 4.69) is 9.97 Å². The molecular weight excluding hydrogens is 314 g/mol. The first-order valence-corrected chi connectivity index (χ1v) is 8.25. The average molecular weight is 337 g/mol. The highest BCUT2D eigenvalue weighted by atomic mass is 16.5. The summed E-state index contributed by atoms with van der Waals surface area (Å²) in [6.07, 6.45) is 1.79. The van der Waals surface area contributed by atoms with Gasteiger partial charge in [0.05, 0.1) is 24.9 Å². The number of carbonyl (C=O) groups is 1. The molecule has 0 aliphatic carbocycles.